The van der Waals surface area contributed by atoms with Crippen LogP contribution in [0.5, 0.6) is 5.75 Å². The summed E-state index contributed by atoms with van der Waals surface area (Å²) in [7, 11) is 0. The number of ether oxygens (including phenoxy) is 2. The van der Waals surface area contributed by atoms with Gasteiger partial charge in [-0.2, -0.15) is 0 Å². The number of carbonyl (C=O) groups excluding carboxylic acids is 1. The smallest absolute Gasteiger partial charge is 0.262 e. The van der Waals surface area contributed by atoms with Crippen LogP contribution in [0.3, 0.4) is 0 Å². The average molecular weight is 221 g/mol. The molecule has 0 saturated carbocycles. The highest BCUT2D eigenvalue weighted by atomic mass is 16.5. The summed E-state index contributed by atoms with van der Waals surface area (Å²) >= 11 is 0. The Hall–Kier alpha value is -1.55. The van der Waals surface area contributed by atoms with E-state index in [4.69, 9.17) is 9.47 Å². The molecule has 16 heavy (non-hydrogen) atoms. The Bertz CT molecular complexity index is 353. The van der Waals surface area contributed by atoms with Gasteiger partial charge in [0.1, 0.15) is 12.0 Å². The number of carbonyl (C=O) groups is 1. The van der Waals surface area contributed by atoms with Crippen molar-refractivity contribution in [3.05, 3.63) is 30.3 Å². The van der Waals surface area contributed by atoms with E-state index in [1.807, 2.05) is 37.3 Å². The van der Waals surface area contributed by atoms with Crippen molar-refractivity contribution in [3.63, 3.8) is 0 Å². The van der Waals surface area contributed by atoms with Crippen LogP contribution < -0.4 is 4.74 Å². The first-order chi connectivity index (χ1) is 7.77. The fourth-order valence-corrected chi connectivity index (χ4v) is 1.67. The quantitative estimate of drug-likeness (QED) is 0.771. The molecular formula is C12H15NO3. The third kappa shape index (κ3) is 2.52. The zero-order valence-electron chi connectivity index (χ0n) is 9.26. The van der Waals surface area contributed by atoms with Gasteiger partial charge in [-0.3, -0.25) is 4.79 Å². The molecule has 1 atom stereocenters. The van der Waals surface area contributed by atoms with Gasteiger partial charge in [0, 0.05) is 6.54 Å². The van der Waals surface area contributed by atoms with Crippen molar-refractivity contribution in [1.82, 2.24) is 4.90 Å². The van der Waals surface area contributed by atoms with Crippen molar-refractivity contribution in [2.24, 2.45) is 0 Å². The average Bonchev–Trinajstić information content (AvgIpc) is 2.74. The summed E-state index contributed by atoms with van der Waals surface area (Å²) in [6.07, 6.45) is -0.133. The number of hydrogen-bond donors (Lipinski definition) is 0. The van der Waals surface area contributed by atoms with Crippen LogP contribution in [0.2, 0.25) is 0 Å². The van der Waals surface area contributed by atoms with Gasteiger partial charge in [0.25, 0.3) is 5.91 Å². The van der Waals surface area contributed by atoms with Gasteiger partial charge >= 0.3 is 0 Å². The van der Waals surface area contributed by atoms with E-state index in [-0.39, 0.29) is 18.7 Å². The van der Waals surface area contributed by atoms with Crippen LogP contribution in [0.4, 0.5) is 0 Å². The lowest BCUT2D eigenvalue weighted by Crippen LogP contribution is -2.37. The first-order valence-corrected chi connectivity index (χ1v) is 5.36. The highest BCUT2D eigenvalue weighted by Gasteiger charge is 2.25. The van der Waals surface area contributed by atoms with Gasteiger partial charge in [0.15, 0.2) is 6.61 Å². The monoisotopic (exact) mass is 221 g/mol. The molecule has 0 spiro atoms. The Kier molecular flexibility index (Phi) is 3.41. The number of nitrogens with zero attached hydrogens (tertiary/aromatic N) is 1. The summed E-state index contributed by atoms with van der Waals surface area (Å²) in [5, 5.41) is 0. The molecule has 0 aromatic heterocycles. The molecule has 1 aliphatic rings. The second-order valence-corrected chi connectivity index (χ2v) is 3.66. The van der Waals surface area contributed by atoms with Gasteiger partial charge in [-0.1, -0.05) is 18.2 Å². The van der Waals surface area contributed by atoms with Crippen molar-refractivity contribution in [1.29, 1.82) is 0 Å². The third-order valence-electron chi connectivity index (χ3n) is 2.56. The van der Waals surface area contributed by atoms with Gasteiger partial charge in [0.2, 0.25) is 0 Å². The molecule has 4 heteroatoms. The fourth-order valence-electron chi connectivity index (χ4n) is 1.67. The van der Waals surface area contributed by atoms with E-state index in [1.54, 1.807) is 4.90 Å². The molecule has 0 N–H and O–H groups in total. The number of hydrogen-bond acceptors (Lipinski definition) is 3. The molecule has 0 bridgehead atoms. The molecule has 0 aliphatic carbocycles. The maximum absolute atomic E-state index is 11.7. The molecule has 1 aromatic rings. The highest BCUT2D eigenvalue weighted by molar-refractivity contribution is 5.78. The predicted molar refractivity (Wildman–Crippen MR) is 59.1 cm³/mol. The van der Waals surface area contributed by atoms with E-state index >= 15 is 0 Å². The first-order valence-electron chi connectivity index (χ1n) is 5.36. The maximum atomic E-state index is 11.7. The maximum Gasteiger partial charge on any atom is 0.262 e. The van der Waals surface area contributed by atoms with Crippen LogP contribution in [-0.4, -0.2) is 36.8 Å². The summed E-state index contributed by atoms with van der Waals surface area (Å²) in [6.45, 7) is 3.20. The lowest BCUT2D eigenvalue weighted by Gasteiger charge is -2.19. The van der Waals surface area contributed by atoms with E-state index in [0.29, 0.717) is 18.9 Å². The van der Waals surface area contributed by atoms with Gasteiger partial charge < -0.3 is 14.4 Å². The minimum Gasteiger partial charge on any atom is -0.484 e. The summed E-state index contributed by atoms with van der Waals surface area (Å²) in [5.74, 6) is 0.678. The standard InChI is InChI=1S/C12H15NO3/c1-10-13(7-8-15-10)12(14)9-16-11-5-3-2-4-6-11/h2-6,10H,7-9H2,1H3. The SMILES string of the molecule is CC1OCCN1C(=O)COc1ccccc1. The second kappa shape index (κ2) is 4.99. The minimum atomic E-state index is -0.133. The summed E-state index contributed by atoms with van der Waals surface area (Å²) in [6, 6.07) is 9.32. The number of para-hydroxylation sites is 1. The molecule has 1 aromatic carbocycles. The molecule has 1 fully saturated rings. The predicted octanol–water partition coefficient (Wildman–Crippen LogP) is 1.27. The minimum absolute atomic E-state index is 0.0335. The van der Waals surface area contributed by atoms with Gasteiger partial charge in [-0.05, 0) is 19.1 Å². The van der Waals surface area contributed by atoms with Gasteiger partial charge in [0.05, 0.1) is 6.61 Å². The van der Waals surface area contributed by atoms with Crippen LogP contribution in [0, 0.1) is 0 Å². The first kappa shape index (κ1) is 11.0. The Morgan fingerprint density at radius 3 is 2.88 bits per heavy atom. The Labute approximate surface area is 94.8 Å². The summed E-state index contributed by atoms with van der Waals surface area (Å²) < 4.78 is 10.7. The zero-order valence-corrected chi connectivity index (χ0v) is 9.26. The molecule has 1 aliphatic heterocycles. The molecule has 1 saturated heterocycles. The van der Waals surface area contributed by atoms with Crippen molar-refractivity contribution in [3.8, 4) is 5.75 Å². The molecule has 4 nitrogen and oxygen atoms in total. The van der Waals surface area contributed by atoms with Crippen molar-refractivity contribution in [2.75, 3.05) is 19.8 Å². The lowest BCUT2D eigenvalue weighted by molar-refractivity contribution is -0.137. The number of amides is 1. The van der Waals surface area contributed by atoms with E-state index in [2.05, 4.69) is 0 Å². The van der Waals surface area contributed by atoms with Crippen LogP contribution in [0.25, 0.3) is 0 Å². The molecule has 1 heterocycles. The van der Waals surface area contributed by atoms with E-state index in [0.717, 1.165) is 0 Å². The van der Waals surface area contributed by atoms with Gasteiger partial charge in [-0.15, -0.1) is 0 Å². The number of benzene rings is 1. The van der Waals surface area contributed by atoms with E-state index in [1.165, 1.54) is 0 Å². The Balaban J connectivity index is 1.84. The Morgan fingerprint density at radius 1 is 1.50 bits per heavy atom. The summed E-state index contributed by atoms with van der Waals surface area (Å²) in [4.78, 5) is 13.4. The molecule has 86 valence electrons. The zero-order chi connectivity index (χ0) is 11.4. The van der Waals surface area contributed by atoms with Crippen LogP contribution in [0.15, 0.2) is 30.3 Å². The highest BCUT2D eigenvalue weighted by Crippen LogP contribution is 2.11. The lowest BCUT2D eigenvalue weighted by atomic mass is 10.3. The van der Waals surface area contributed by atoms with Crippen LogP contribution in [0.1, 0.15) is 6.92 Å². The van der Waals surface area contributed by atoms with Crippen molar-refractivity contribution >= 4 is 5.91 Å². The van der Waals surface area contributed by atoms with Crippen LogP contribution in [-0.2, 0) is 9.53 Å². The molecular weight excluding hydrogens is 206 g/mol. The molecule has 0 radical (unpaired) electrons. The van der Waals surface area contributed by atoms with Crippen molar-refractivity contribution < 1.29 is 14.3 Å². The number of rotatable bonds is 3. The van der Waals surface area contributed by atoms with Crippen molar-refractivity contribution in [2.45, 2.75) is 13.2 Å². The molecule has 2 rings (SSSR count). The second-order valence-electron chi connectivity index (χ2n) is 3.66. The molecule has 1 unspecified atom stereocenters. The fraction of sp³-hybridized carbons (Fsp3) is 0.417. The van der Waals surface area contributed by atoms with E-state index in [9.17, 15) is 4.79 Å². The third-order valence-corrected chi connectivity index (χ3v) is 2.56. The molecule has 1 amide bonds. The normalized spacial score (nSPS) is 19.8. The van der Waals surface area contributed by atoms with E-state index < -0.39 is 0 Å². The topological polar surface area (TPSA) is 38.8 Å². The van der Waals surface area contributed by atoms with Gasteiger partial charge in [-0.25, -0.2) is 0 Å². The Morgan fingerprint density at radius 2 is 2.25 bits per heavy atom. The summed E-state index contributed by atoms with van der Waals surface area (Å²) in [5.41, 5.74) is 0. The van der Waals surface area contributed by atoms with Crippen LogP contribution >= 0.6 is 0 Å². The largest absolute Gasteiger partial charge is 0.484 e.